The molecule has 0 aromatic carbocycles. The zero-order valence-corrected chi connectivity index (χ0v) is 10.3. The number of nitrogens with zero attached hydrogens (tertiary/aromatic N) is 2. The highest BCUT2D eigenvalue weighted by atomic mass is 32.1. The van der Waals surface area contributed by atoms with Crippen molar-refractivity contribution in [1.29, 1.82) is 0 Å². The number of carbonyl (C=O) groups is 1. The van der Waals surface area contributed by atoms with Gasteiger partial charge >= 0.3 is 5.97 Å². The van der Waals surface area contributed by atoms with E-state index in [-0.39, 0.29) is 5.56 Å². The van der Waals surface area contributed by atoms with Gasteiger partial charge in [-0.1, -0.05) is 6.92 Å². The fraction of sp³-hybridized carbons (Fsp3) is 0.364. The fourth-order valence-electron chi connectivity index (χ4n) is 1.77. The van der Waals surface area contributed by atoms with Gasteiger partial charge < -0.3 is 5.11 Å². The molecule has 0 aliphatic heterocycles. The van der Waals surface area contributed by atoms with E-state index in [4.69, 9.17) is 5.11 Å². The summed E-state index contributed by atoms with van der Waals surface area (Å²) in [6.07, 6.45) is 1.68. The predicted molar refractivity (Wildman–Crippen MR) is 65.6 cm³/mol. The van der Waals surface area contributed by atoms with Crippen molar-refractivity contribution in [3.63, 3.8) is 0 Å². The van der Waals surface area contributed by atoms with Gasteiger partial charge in [-0.3, -0.25) is 9.36 Å². The molecule has 0 saturated heterocycles. The molecule has 0 fully saturated rings. The van der Waals surface area contributed by atoms with Crippen molar-refractivity contribution >= 4 is 27.5 Å². The zero-order valence-electron chi connectivity index (χ0n) is 9.51. The molecule has 1 N–H and O–H groups in total. The van der Waals surface area contributed by atoms with Gasteiger partial charge in [0.1, 0.15) is 10.9 Å². The number of carboxylic acids is 1. The van der Waals surface area contributed by atoms with Crippen LogP contribution in [0.2, 0.25) is 0 Å². The molecule has 1 atom stereocenters. The molecule has 17 heavy (non-hydrogen) atoms. The van der Waals surface area contributed by atoms with Crippen molar-refractivity contribution in [3.05, 3.63) is 27.6 Å². The van der Waals surface area contributed by atoms with E-state index in [1.807, 2.05) is 6.92 Å². The summed E-state index contributed by atoms with van der Waals surface area (Å²) in [5.74, 6) is -1.01. The van der Waals surface area contributed by atoms with Gasteiger partial charge in [0, 0.05) is 4.88 Å². The Morgan fingerprint density at radius 2 is 2.35 bits per heavy atom. The molecular formula is C11H12N2O3S. The van der Waals surface area contributed by atoms with Gasteiger partial charge in [0.15, 0.2) is 0 Å². The van der Waals surface area contributed by atoms with Crippen LogP contribution in [0.4, 0.5) is 0 Å². The number of aryl methyl sites for hydroxylation is 1. The Hall–Kier alpha value is -1.69. The van der Waals surface area contributed by atoms with Crippen LogP contribution >= 0.6 is 11.3 Å². The number of thiophene rings is 1. The molecule has 90 valence electrons. The highest BCUT2D eigenvalue weighted by Gasteiger charge is 2.20. The normalized spacial score (nSPS) is 12.8. The monoisotopic (exact) mass is 252 g/mol. The van der Waals surface area contributed by atoms with Crippen LogP contribution in [-0.4, -0.2) is 20.6 Å². The summed E-state index contributed by atoms with van der Waals surface area (Å²) in [4.78, 5) is 28.9. The first-order chi connectivity index (χ1) is 8.04. The highest BCUT2D eigenvalue weighted by molar-refractivity contribution is 7.18. The molecular weight excluding hydrogens is 240 g/mol. The zero-order chi connectivity index (χ0) is 12.6. The number of carboxylic acid groups (broad SMARTS) is 1. The Kier molecular flexibility index (Phi) is 2.97. The summed E-state index contributed by atoms with van der Waals surface area (Å²) in [6.45, 7) is 3.62. The van der Waals surface area contributed by atoms with E-state index < -0.39 is 12.0 Å². The Morgan fingerprint density at radius 3 is 2.94 bits per heavy atom. The molecule has 2 aromatic heterocycles. The Labute approximate surface area is 101 Å². The topological polar surface area (TPSA) is 72.2 Å². The quantitative estimate of drug-likeness (QED) is 0.904. The summed E-state index contributed by atoms with van der Waals surface area (Å²) in [5, 5.41) is 9.54. The summed E-state index contributed by atoms with van der Waals surface area (Å²) < 4.78 is 1.19. The molecule has 0 bridgehead atoms. The SMILES string of the molecule is CCC(C(=O)O)n1cnc2sc(C)cc2c1=O. The van der Waals surface area contributed by atoms with Crippen LogP contribution in [0, 0.1) is 6.92 Å². The average Bonchev–Trinajstić information content (AvgIpc) is 2.64. The van der Waals surface area contributed by atoms with Crippen LogP contribution in [-0.2, 0) is 4.79 Å². The third kappa shape index (κ3) is 1.95. The predicted octanol–water partition coefficient (Wildman–Crippen LogP) is 1.80. The molecule has 0 amide bonds. The second-order valence-corrected chi connectivity index (χ2v) is 5.03. The van der Waals surface area contributed by atoms with Gasteiger partial charge in [-0.25, -0.2) is 9.78 Å². The highest BCUT2D eigenvalue weighted by Crippen LogP contribution is 2.20. The molecule has 0 aliphatic rings. The lowest BCUT2D eigenvalue weighted by molar-refractivity contribution is -0.141. The van der Waals surface area contributed by atoms with E-state index in [0.29, 0.717) is 16.6 Å². The second kappa shape index (κ2) is 4.29. The molecule has 0 aliphatic carbocycles. The Balaban J connectivity index is 2.67. The van der Waals surface area contributed by atoms with E-state index >= 15 is 0 Å². The Morgan fingerprint density at radius 1 is 1.65 bits per heavy atom. The smallest absolute Gasteiger partial charge is 0.326 e. The van der Waals surface area contributed by atoms with Crippen molar-refractivity contribution in [2.45, 2.75) is 26.3 Å². The van der Waals surface area contributed by atoms with Gasteiger partial charge in [0.2, 0.25) is 0 Å². The molecule has 0 radical (unpaired) electrons. The van der Waals surface area contributed by atoms with Crippen LogP contribution in [0.5, 0.6) is 0 Å². The van der Waals surface area contributed by atoms with Crippen molar-refractivity contribution in [2.24, 2.45) is 0 Å². The number of aromatic nitrogens is 2. The van der Waals surface area contributed by atoms with Crippen LogP contribution in [0.15, 0.2) is 17.2 Å². The minimum atomic E-state index is -1.01. The summed E-state index contributed by atoms with van der Waals surface area (Å²) in [5.41, 5.74) is -0.284. The van der Waals surface area contributed by atoms with Crippen LogP contribution < -0.4 is 5.56 Å². The van der Waals surface area contributed by atoms with Gasteiger partial charge in [0.05, 0.1) is 11.7 Å². The lowest BCUT2D eigenvalue weighted by Gasteiger charge is -2.12. The first kappa shape index (κ1) is 11.8. The third-order valence-electron chi connectivity index (χ3n) is 2.61. The maximum atomic E-state index is 12.1. The van der Waals surface area contributed by atoms with Gasteiger partial charge in [-0.05, 0) is 19.4 Å². The van der Waals surface area contributed by atoms with E-state index in [9.17, 15) is 9.59 Å². The molecule has 2 aromatic rings. The maximum absolute atomic E-state index is 12.1. The Bertz CT molecular complexity index is 629. The number of hydrogen-bond acceptors (Lipinski definition) is 4. The van der Waals surface area contributed by atoms with Gasteiger partial charge in [-0.15, -0.1) is 11.3 Å². The molecule has 2 rings (SSSR count). The van der Waals surface area contributed by atoms with Crippen LogP contribution in [0.3, 0.4) is 0 Å². The minimum absolute atomic E-state index is 0.284. The van der Waals surface area contributed by atoms with E-state index in [1.165, 1.54) is 22.2 Å². The molecule has 2 heterocycles. The minimum Gasteiger partial charge on any atom is -0.480 e. The summed E-state index contributed by atoms with van der Waals surface area (Å²) in [7, 11) is 0. The standard InChI is InChI=1S/C11H12N2O3S/c1-3-8(11(15)16)13-5-12-9-7(10(13)14)4-6(2)17-9/h4-5,8H,3H2,1-2H3,(H,15,16). The maximum Gasteiger partial charge on any atom is 0.326 e. The number of rotatable bonds is 3. The van der Waals surface area contributed by atoms with E-state index in [2.05, 4.69) is 4.98 Å². The molecule has 0 spiro atoms. The van der Waals surface area contributed by atoms with Gasteiger partial charge in [-0.2, -0.15) is 0 Å². The fourth-order valence-corrected chi connectivity index (χ4v) is 2.61. The summed E-state index contributed by atoms with van der Waals surface area (Å²) >= 11 is 1.43. The van der Waals surface area contributed by atoms with Crippen LogP contribution in [0.1, 0.15) is 24.3 Å². The molecule has 5 nitrogen and oxygen atoms in total. The molecule has 0 saturated carbocycles. The third-order valence-corrected chi connectivity index (χ3v) is 3.57. The first-order valence-corrected chi connectivity index (χ1v) is 6.06. The number of aliphatic carboxylic acids is 1. The van der Waals surface area contributed by atoms with Crippen molar-refractivity contribution in [3.8, 4) is 0 Å². The first-order valence-electron chi connectivity index (χ1n) is 5.24. The molecule has 6 heteroatoms. The molecule has 1 unspecified atom stereocenters. The average molecular weight is 252 g/mol. The van der Waals surface area contributed by atoms with Crippen molar-refractivity contribution in [1.82, 2.24) is 9.55 Å². The van der Waals surface area contributed by atoms with E-state index in [0.717, 1.165) is 4.88 Å². The van der Waals surface area contributed by atoms with Crippen molar-refractivity contribution < 1.29 is 9.90 Å². The van der Waals surface area contributed by atoms with Gasteiger partial charge in [0.25, 0.3) is 5.56 Å². The van der Waals surface area contributed by atoms with Crippen molar-refractivity contribution in [2.75, 3.05) is 0 Å². The number of hydrogen-bond donors (Lipinski definition) is 1. The lowest BCUT2D eigenvalue weighted by Crippen LogP contribution is -2.29. The second-order valence-electron chi connectivity index (χ2n) is 3.80. The summed E-state index contributed by atoms with van der Waals surface area (Å²) in [6, 6.07) is 0.903. The van der Waals surface area contributed by atoms with E-state index in [1.54, 1.807) is 13.0 Å². The lowest BCUT2D eigenvalue weighted by atomic mass is 10.2. The number of fused-ring (bicyclic) bond motifs is 1. The largest absolute Gasteiger partial charge is 0.480 e. The van der Waals surface area contributed by atoms with Crippen LogP contribution in [0.25, 0.3) is 10.2 Å².